The van der Waals surface area contributed by atoms with E-state index in [-0.39, 0.29) is 5.56 Å². The minimum atomic E-state index is -0.0812. The Morgan fingerprint density at radius 3 is 3.05 bits per heavy atom. The number of benzene rings is 1. The largest absolute Gasteiger partial charge is 0.319 e. The van der Waals surface area contributed by atoms with Crippen molar-refractivity contribution in [2.24, 2.45) is 5.92 Å². The lowest BCUT2D eigenvalue weighted by Gasteiger charge is -2.27. The third-order valence-electron chi connectivity index (χ3n) is 4.06. The number of nitrogens with zero attached hydrogens (tertiary/aromatic N) is 2. The van der Waals surface area contributed by atoms with Gasteiger partial charge >= 0.3 is 0 Å². The van der Waals surface area contributed by atoms with Crippen LogP contribution in [0, 0.1) is 5.92 Å². The van der Waals surface area contributed by atoms with Gasteiger partial charge in [-0.3, -0.25) is 4.79 Å². The van der Waals surface area contributed by atoms with Crippen molar-refractivity contribution in [3.05, 3.63) is 40.3 Å². The molecule has 1 aliphatic heterocycles. The lowest BCUT2D eigenvalue weighted by atomic mass is 9.99. The molecule has 112 valence electrons. The number of nitrogens with one attached hydrogen (secondary N) is 2. The van der Waals surface area contributed by atoms with Crippen LogP contribution in [0.2, 0.25) is 0 Å². The minimum Gasteiger partial charge on any atom is -0.319 e. The molecule has 5 heteroatoms. The number of hydrogen-bond acceptors (Lipinski definition) is 4. The van der Waals surface area contributed by atoms with Gasteiger partial charge in [-0.15, -0.1) is 0 Å². The molecule has 1 saturated heterocycles. The molecule has 1 aliphatic rings. The van der Waals surface area contributed by atoms with Crippen LogP contribution in [-0.2, 0) is 6.54 Å². The zero-order valence-corrected chi connectivity index (χ0v) is 12.4. The summed E-state index contributed by atoms with van der Waals surface area (Å²) in [6.45, 7) is 3.80. The maximum atomic E-state index is 12.1. The number of aromatic nitrogens is 2. The van der Waals surface area contributed by atoms with Crippen molar-refractivity contribution in [2.75, 3.05) is 26.7 Å². The van der Waals surface area contributed by atoms with Crippen LogP contribution in [0.5, 0.6) is 0 Å². The molecule has 0 bridgehead atoms. The maximum Gasteiger partial charge on any atom is 0.271 e. The van der Waals surface area contributed by atoms with Crippen LogP contribution >= 0.6 is 0 Å². The van der Waals surface area contributed by atoms with E-state index in [2.05, 4.69) is 27.2 Å². The first-order valence-electron chi connectivity index (χ1n) is 7.59. The van der Waals surface area contributed by atoms with E-state index >= 15 is 0 Å². The smallest absolute Gasteiger partial charge is 0.271 e. The van der Waals surface area contributed by atoms with Gasteiger partial charge in [0.15, 0.2) is 0 Å². The second-order valence-corrected chi connectivity index (χ2v) is 5.94. The Labute approximate surface area is 124 Å². The molecule has 1 aromatic carbocycles. The predicted octanol–water partition coefficient (Wildman–Crippen LogP) is 1.35. The molecule has 2 aromatic rings. The fourth-order valence-corrected chi connectivity index (χ4v) is 3.02. The first-order chi connectivity index (χ1) is 10.2. The summed E-state index contributed by atoms with van der Waals surface area (Å²) in [6, 6.07) is 7.65. The van der Waals surface area contributed by atoms with Crippen molar-refractivity contribution in [1.82, 2.24) is 20.2 Å². The van der Waals surface area contributed by atoms with Gasteiger partial charge in [0.1, 0.15) is 5.69 Å². The highest BCUT2D eigenvalue weighted by molar-refractivity contribution is 5.73. The highest BCUT2D eigenvalue weighted by atomic mass is 16.1. The molecule has 21 heavy (non-hydrogen) atoms. The topological polar surface area (TPSA) is 61.0 Å². The van der Waals surface area contributed by atoms with E-state index in [1.54, 1.807) is 0 Å². The van der Waals surface area contributed by atoms with Crippen molar-refractivity contribution in [2.45, 2.75) is 19.4 Å². The van der Waals surface area contributed by atoms with Crippen LogP contribution in [0.4, 0.5) is 0 Å². The highest BCUT2D eigenvalue weighted by Gasteiger charge is 2.16. The predicted molar refractivity (Wildman–Crippen MR) is 84.3 cm³/mol. The highest BCUT2D eigenvalue weighted by Crippen LogP contribution is 2.12. The van der Waals surface area contributed by atoms with Gasteiger partial charge in [-0.25, -0.2) is 4.98 Å². The van der Waals surface area contributed by atoms with E-state index in [0.717, 1.165) is 30.7 Å². The van der Waals surface area contributed by atoms with E-state index in [0.29, 0.717) is 18.2 Å². The molecule has 1 atom stereocenters. The van der Waals surface area contributed by atoms with Crippen molar-refractivity contribution in [3.8, 4) is 0 Å². The number of hydrogen-bond donors (Lipinski definition) is 2. The van der Waals surface area contributed by atoms with Gasteiger partial charge in [-0.2, -0.15) is 0 Å². The Balaban J connectivity index is 1.71. The minimum absolute atomic E-state index is 0.0812. The Kier molecular flexibility index (Phi) is 4.31. The van der Waals surface area contributed by atoms with Gasteiger partial charge in [0.2, 0.25) is 0 Å². The summed E-state index contributed by atoms with van der Waals surface area (Å²) in [5, 5.41) is 3.43. The fraction of sp³-hybridized carbons (Fsp3) is 0.500. The van der Waals surface area contributed by atoms with Crippen molar-refractivity contribution < 1.29 is 0 Å². The van der Waals surface area contributed by atoms with E-state index in [1.807, 2.05) is 24.3 Å². The summed E-state index contributed by atoms with van der Waals surface area (Å²) in [4.78, 5) is 21.7. The Bertz CT molecular complexity index is 661. The Hall–Kier alpha value is -1.72. The molecule has 0 aliphatic carbocycles. The number of aromatic amines is 1. The maximum absolute atomic E-state index is 12.1. The van der Waals surface area contributed by atoms with E-state index < -0.39 is 0 Å². The first kappa shape index (κ1) is 14.2. The second kappa shape index (κ2) is 6.37. The van der Waals surface area contributed by atoms with E-state index in [4.69, 9.17) is 0 Å². The molecule has 1 unspecified atom stereocenters. The number of piperidine rings is 1. The molecule has 5 nitrogen and oxygen atoms in total. The van der Waals surface area contributed by atoms with Gasteiger partial charge in [-0.1, -0.05) is 12.1 Å². The van der Waals surface area contributed by atoms with E-state index in [1.165, 1.54) is 12.8 Å². The second-order valence-electron chi connectivity index (χ2n) is 5.94. The van der Waals surface area contributed by atoms with Crippen LogP contribution in [0.25, 0.3) is 11.0 Å². The van der Waals surface area contributed by atoms with Crippen LogP contribution in [0.15, 0.2) is 29.1 Å². The molecule has 1 aromatic heterocycles. The van der Waals surface area contributed by atoms with Gasteiger partial charge in [0.05, 0.1) is 11.0 Å². The normalized spacial score (nSPS) is 19.2. The summed E-state index contributed by atoms with van der Waals surface area (Å²) < 4.78 is 0. The number of para-hydroxylation sites is 2. The molecule has 3 rings (SSSR count). The number of rotatable bonds is 4. The lowest BCUT2D eigenvalue weighted by molar-refractivity contribution is 0.235. The summed E-state index contributed by atoms with van der Waals surface area (Å²) in [5.74, 6) is 0.670. The van der Waals surface area contributed by atoms with Gasteiger partial charge < -0.3 is 15.2 Å². The summed E-state index contributed by atoms with van der Waals surface area (Å²) in [5.41, 5.74) is 2.16. The SMILES string of the molecule is CN(Cc1nc2ccccc2[nH]c1=O)CC1CCCNC1. The first-order valence-corrected chi connectivity index (χ1v) is 7.59. The van der Waals surface area contributed by atoms with Crippen LogP contribution < -0.4 is 10.9 Å². The van der Waals surface area contributed by atoms with Gasteiger partial charge in [0.25, 0.3) is 5.56 Å². The molecule has 0 saturated carbocycles. The van der Waals surface area contributed by atoms with Gasteiger partial charge in [-0.05, 0) is 51.0 Å². The number of H-pyrrole nitrogens is 1. The fourth-order valence-electron chi connectivity index (χ4n) is 3.02. The van der Waals surface area contributed by atoms with Crippen molar-refractivity contribution in [3.63, 3.8) is 0 Å². The van der Waals surface area contributed by atoms with Crippen LogP contribution in [0.1, 0.15) is 18.5 Å². The molecule has 2 N–H and O–H groups in total. The summed E-state index contributed by atoms with van der Waals surface area (Å²) in [6.07, 6.45) is 2.51. The third kappa shape index (κ3) is 3.49. The standard InChI is InChI=1S/C16H22N4O/c1-20(10-12-5-4-8-17-9-12)11-15-16(21)19-14-7-3-2-6-13(14)18-15/h2-3,6-7,12,17H,4-5,8-11H2,1H3,(H,19,21). The number of fused-ring (bicyclic) bond motifs is 1. The summed E-state index contributed by atoms with van der Waals surface area (Å²) >= 11 is 0. The molecular weight excluding hydrogens is 264 g/mol. The van der Waals surface area contributed by atoms with Crippen molar-refractivity contribution in [1.29, 1.82) is 0 Å². The van der Waals surface area contributed by atoms with Crippen molar-refractivity contribution >= 4 is 11.0 Å². The molecule has 0 radical (unpaired) electrons. The lowest BCUT2D eigenvalue weighted by Crippen LogP contribution is -2.37. The van der Waals surface area contributed by atoms with Crippen LogP contribution in [0.3, 0.4) is 0 Å². The molecule has 0 amide bonds. The zero-order chi connectivity index (χ0) is 14.7. The Morgan fingerprint density at radius 2 is 2.24 bits per heavy atom. The van der Waals surface area contributed by atoms with Crippen LogP contribution in [-0.4, -0.2) is 41.5 Å². The van der Waals surface area contributed by atoms with Gasteiger partial charge in [0, 0.05) is 13.1 Å². The average Bonchev–Trinajstić information content (AvgIpc) is 2.49. The molecule has 0 spiro atoms. The van der Waals surface area contributed by atoms with E-state index in [9.17, 15) is 4.79 Å². The summed E-state index contributed by atoms with van der Waals surface area (Å²) in [7, 11) is 2.06. The third-order valence-corrected chi connectivity index (χ3v) is 4.06. The quantitative estimate of drug-likeness (QED) is 0.891. The monoisotopic (exact) mass is 286 g/mol. The Morgan fingerprint density at radius 1 is 1.38 bits per heavy atom. The molecular formula is C16H22N4O. The molecule has 1 fully saturated rings. The average molecular weight is 286 g/mol. The molecule has 2 heterocycles. The zero-order valence-electron chi connectivity index (χ0n) is 12.4.